The predicted molar refractivity (Wildman–Crippen MR) is 107 cm³/mol. The maximum Gasteiger partial charge on any atom is 0.335 e. The summed E-state index contributed by atoms with van der Waals surface area (Å²) < 4.78 is 13.0. The summed E-state index contributed by atoms with van der Waals surface area (Å²) in [5.74, 6) is -1.11. The van der Waals surface area contributed by atoms with Crippen LogP contribution in [0.25, 0.3) is 0 Å². The van der Waals surface area contributed by atoms with Crippen molar-refractivity contribution in [2.75, 3.05) is 36.0 Å². The molecule has 0 atom stereocenters. The average molecular weight is 375 g/mol. The zero-order valence-electron chi connectivity index (χ0n) is 14.6. The minimum atomic E-state index is -0.893. The zero-order valence-corrected chi connectivity index (χ0v) is 15.4. The lowest BCUT2D eigenvalue weighted by Gasteiger charge is -2.37. The van der Waals surface area contributed by atoms with Gasteiger partial charge in [0.1, 0.15) is 5.82 Å². The molecule has 2 aromatic carbocycles. The highest BCUT2D eigenvalue weighted by Gasteiger charge is 2.18. The number of halogens is 1. The summed E-state index contributed by atoms with van der Waals surface area (Å²) in [7, 11) is 0. The smallest absolute Gasteiger partial charge is 0.335 e. The second-order valence-electron chi connectivity index (χ2n) is 5.89. The number of piperazine rings is 1. The summed E-state index contributed by atoms with van der Waals surface area (Å²) in [6.07, 6.45) is 0. The Bertz CT molecular complexity index is 760. The van der Waals surface area contributed by atoms with Crippen LogP contribution in [0, 0.1) is 12.7 Å². The molecule has 138 valence electrons. The number of aryl methyl sites for hydroxylation is 1. The number of benzene rings is 2. The molecule has 7 heteroatoms. The minimum Gasteiger partial charge on any atom is -0.478 e. The van der Waals surface area contributed by atoms with Crippen LogP contribution in [0.4, 0.5) is 15.8 Å². The van der Waals surface area contributed by atoms with Crippen LogP contribution in [0.3, 0.4) is 0 Å². The number of thiocarbonyl (C=S) groups is 1. The standard InChI is InChI=1S/C18H19FN2O2.CH3NS/c1-13-12-16(6-7-17(13)18(22)23)21-10-8-20(9-11-21)15-4-2-14(19)3-5-15;2-1-3/h2-7,12H,8-11H2,1H3,(H,22,23);1H,(H2,2,3). The lowest BCUT2D eigenvalue weighted by atomic mass is 10.1. The molecule has 1 fully saturated rings. The fourth-order valence-electron chi connectivity index (χ4n) is 2.96. The lowest BCUT2D eigenvalue weighted by molar-refractivity contribution is 0.0696. The van der Waals surface area contributed by atoms with Crippen LogP contribution >= 0.6 is 12.2 Å². The molecule has 0 radical (unpaired) electrons. The third-order valence-electron chi connectivity index (χ3n) is 4.28. The van der Waals surface area contributed by atoms with Crippen LogP contribution in [0.15, 0.2) is 42.5 Å². The van der Waals surface area contributed by atoms with E-state index in [9.17, 15) is 9.18 Å². The molecule has 0 unspecified atom stereocenters. The van der Waals surface area contributed by atoms with E-state index in [0.29, 0.717) is 5.56 Å². The molecule has 26 heavy (non-hydrogen) atoms. The number of aromatic carboxylic acids is 1. The fourth-order valence-corrected chi connectivity index (χ4v) is 2.96. The van der Waals surface area contributed by atoms with Gasteiger partial charge in [-0.1, -0.05) is 12.2 Å². The Kier molecular flexibility index (Phi) is 6.91. The number of carboxylic acid groups (broad SMARTS) is 1. The Morgan fingerprint density at radius 3 is 2.00 bits per heavy atom. The summed E-state index contributed by atoms with van der Waals surface area (Å²) in [5, 5.41) is 9.10. The van der Waals surface area contributed by atoms with Gasteiger partial charge < -0.3 is 20.6 Å². The molecule has 1 saturated heterocycles. The van der Waals surface area contributed by atoms with Gasteiger partial charge in [-0.15, -0.1) is 0 Å². The van der Waals surface area contributed by atoms with Gasteiger partial charge in [0.2, 0.25) is 0 Å². The summed E-state index contributed by atoms with van der Waals surface area (Å²) in [4.78, 5) is 15.6. The van der Waals surface area contributed by atoms with Gasteiger partial charge >= 0.3 is 5.97 Å². The molecule has 1 aliphatic rings. The Hall–Kier alpha value is -2.67. The molecule has 0 aliphatic carbocycles. The molecule has 2 aromatic rings. The SMILES string of the molecule is Cc1cc(N2CCN(c3ccc(F)cc3)CC2)ccc1C(=O)O.NC=S. The van der Waals surface area contributed by atoms with E-state index in [4.69, 9.17) is 5.11 Å². The van der Waals surface area contributed by atoms with Crippen LogP contribution in [-0.2, 0) is 0 Å². The first-order chi connectivity index (χ1) is 12.5. The van der Waals surface area contributed by atoms with Gasteiger partial charge in [0, 0.05) is 37.6 Å². The Labute approximate surface area is 157 Å². The fraction of sp³-hybridized carbons (Fsp3) is 0.263. The van der Waals surface area contributed by atoms with Gasteiger partial charge in [-0.05, 0) is 55.0 Å². The number of nitrogens with zero attached hydrogens (tertiary/aromatic N) is 2. The van der Waals surface area contributed by atoms with Gasteiger partial charge in [-0.3, -0.25) is 0 Å². The van der Waals surface area contributed by atoms with Gasteiger partial charge in [0.15, 0.2) is 0 Å². The maximum atomic E-state index is 13.0. The molecule has 1 aliphatic heterocycles. The van der Waals surface area contributed by atoms with E-state index >= 15 is 0 Å². The van der Waals surface area contributed by atoms with Crippen LogP contribution < -0.4 is 15.5 Å². The van der Waals surface area contributed by atoms with E-state index in [-0.39, 0.29) is 5.82 Å². The number of hydrogen-bond donors (Lipinski definition) is 2. The van der Waals surface area contributed by atoms with Crippen molar-refractivity contribution in [3.8, 4) is 0 Å². The molecule has 1 heterocycles. The van der Waals surface area contributed by atoms with Crippen molar-refractivity contribution in [1.29, 1.82) is 0 Å². The van der Waals surface area contributed by atoms with E-state index in [1.54, 1.807) is 18.2 Å². The number of anilines is 2. The third-order valence-corrected chi connectivity index (χ3v) is 4.28. The largest absolute Gasteiger partial charge is 0.478 e. The summed E-state index contributed by atoms with van der Waals surface area (Å²) in [6, 6.07) is 12.0. The highest BCUT2D eigenvalue weighted by molar-refractivity contribution is 7.78. The second kappa shape index (κ2) is 9.15. The van der Waals surface area contributed by atoms with Crippen molar-refractivity contribution < 1.29 is 14.3 Å². The second-order valence-corrected chi connectivity index (χ2v) is 6.16. The molecule has 3 rings (SSSR count). The van der Waals surface area contributed by atoms with Crippen molar-refractivity contribution in [2.45, 2.75) is 6.92 Å². The number of hydrogen-bond acceptors (Lipinski definition) is 4. The summed E-state index contributed by atoms with van der Waals surface area (Å²) >= 11 is 4.05. The monoisotopic (exact) mass is 375 g/mol. The predicted octanol–water partition coefficient (Wildman–Crippen LogP) is 3.06. The van der Waals surface area contributed by atoms with E-state index in [0.717, 1.165) is 48.6 Å². The van der Waals surface area contributed by atoms with Crippen molar-refractivity contribution in [3.63, 3.8) is 0 Å². The van der Waals surface area contributed by atoms with Gasteiger partial charge in [-0.25, -0.2) is 9.18 Å². The average Bonchev–Trinajstić information content (AvgIpc) is 2.63. The molecule has 3 N–H and O–H groups in total. The highest BCUT2D eigenvalue weighted by Crippen LogP contribution is 2.23. The normalized spacial score (nSPS) is 13.6. The first-order valence-electron chi connectivity index (χ1n) is 8.21. The van der Waals surface area contributed by atoms with E-state index in [1.807, 2.05) is 19.1 Å². The van der Waals surface area contributed by atoms with Crippen LogP contribution in [0.1, 0.15) is 15.9 Å². The maximum absolute atomic E-state index is 13.0. The van der Waals surface area contributed by atoms with E-state index in [2.05, 4.69) is 27.8 Å². The van der Waals surface area contributed by atoms with Gasteiger partial charge in [-0.2, -0.15) is 0 Å². The number of carbonyl (C=O) groups is 1. The molecule has 0 aromatic heterocycles. The Morgan fingerprint density at radius 1 is 1.08 bits per heavy atom. The Balaban J connectivity index is 0.000000758. The molecule has 0 amide bonds. The zero-order chi connectivity index (χ0) is 19.1. The summed E-state index contributed by atoms with van der Waals surface area (Å²) in [6.45, 7) is 5.23. The first kappa shape index (κ1) is 19.7. The van der Waals surface area contributed by atoms with Crippen LogP contribution in [0.2, 0.25) is 0 Å². The molecule has 5 nitrogen and oxygen atoms in total. The number of carboxylic acids is 1. The van der Waals surface area contributed by atoms with Gasteiger partial charge in [0.05, 0.1) is 11.1 Å². The Morgan fingerprint density at radius 2 is 1.54 bits per heavy atom. The van der Waals surface area contributed by atoms with Crippen molar-refractivity contribution in [2.24, 2.45) is 5.73 Å². The van der Waals surface area contributed by atoms with Crippen molar-refractivity contribution >= 4 is 35.1 Å². The van der Waals surface area contributed by atoms with Gasteiger partial charge in [0.25, 0.3) is 0 Å². The molecular weight excluding hydrogens is 353 g/mol. The van der Waals surface area contributed by atoms with Crippen molar-refractivity contribution in [1.82, 2.24) is 0 Å². The van der Waals surface area contributed by atoms with E-state index < -0.39 is 5.97 Å². The molecule has 0 bridgehead atoms. The van der Waals surface area contributed by atoms with E-state index in [1.165, 1.54) is 12.1 Å². The molecular formula is C19H22FN3O2S. The van der Waals surface area contributed by atoms with Crippen molar-refractivity contribution in [3.05, 3.63) is 59.4 Å². The first-order valence-corrected chi connectivity index (χ1v) is 8.68. The quantitative estimate of drug-likeness (QED) is 0.804. The molecule has 0 spiro atoms. The topological polar surface area (TPSA) is 69.8 Å². The molecule has 0 saturated carbocycles. The number of nitrogens with two attached hydrogens (primary N) is 1. The minimum absolute atomic E-state index is 0.221. The summed E-state index contributed by atoms with van der Waals surface area (Å²) in [5.41, 5.74) is 8.82. The third kappa shape index (κ3) is 4.92. The van der Waals surface area contributed by atoms with Crippen LogP contribution in [0.5, 0.6) is 0 Å². The lowest BCUT2D eigenvalue weighted by Crippen LogP contribution is -2.46. The number of rotatable bonds is 3. The highest BCUT2D eigenvalue weighted by atomic mass is 32.1. The van der Waals surface area contributed by atoms with Crippen LogP contribution in [-0.4, -0.2) is 42.7 Å².